The molecule has 0 bridgehead atoms. The Kier molecular flexibility index (Phi) is 7.20. The number of carbonyl (C=O) groups is 1. The molecule has 0 aromatic heterocycles. The molecule has 5 heteroatoms. The lowest BCUT2D eigenvalue weighted by atomic mass is 9.99. The second-order valence-electron chi connectivity index (χ2n) is 8.15. The first-order valence-corrected chi connectivity index (χ1v) is 11.1. The van der Waals surface area contributed by atoms with Gasteiger partial charge in [0.1, 0.15) is 5.75 Å². The summed E-state index contributed by atoms with van der Waals surface area (Å²) in [6.45, 7) is 3.45. The average Bonchev–Trinajstić information content (AvgIpc) is 2.84. The number of amides is 1. The van der Waals surface area contributed by atoms with Crippen molar-refractivity contribution in [3.63, 3.8) is 0 Å². The molecule has 0 radical (unpaired) electrons. The first-order valence-electron chi connectivity index (χ1n) is 11.1. The van der Waals surface area contributed by atoms with Crippen LogP contribution >= 0.6 is 0 Å². The van der Waals surface area contributed by atoms with E-state index in [4.69, 9.17) is 4.74 Å². The van der Waals surface area contributed by atoms with Crippen molar-refractivity contribution in [2.45, 2.75) is 12.5 Å². The maximum absolute atomic E-state index is 12.5. The number of aliphatic hydroxyl groups excluding tert-OH is 1. The van der Waals surface area contributed by atoms with Crippen LogP contribution in [0.1, 0.15) is 23.7 Å². The summed E-state index contributed by atoms with van der Waals surface area (Å²) in [5.74, 6) is 0.934. The van der Waals surface area contributed by atoms with Crippen molar-refractivity contribution in [2.24, 2.45) is 0 Å². The van der Waals surface area contributed by atoms with Crippen LogP contribution in [0.3, 0.4) is 0 Å². The van der Waals surface area contributed by atoms with E-state index >= 15 is 0 Å². The zero-order valence-corrected chi connectivity index (χ0v) is 18.5. The van der Waals surface area contributed by atoms with Crippen LogP contribution in [0, 0.1) is 0 Å². The Bertz CT molecular complexity index is 1070. The van der Waals surface area contributed by atoms with E-state index < -0.39 is 6.10 Å². The fourth-order valence-electron chi connectivity index (χ4n) is 4.21. The van der Waals surface area contributed by atoms with E-state index in [1.54, 1.807) is 7.11 Å². The van der Waals surface area contributed by atoms with E-state index in [0.717, 1.165) is 40.7 Å². The third-order valence-electron chi connectivity index (χ3n) is 6.04. The van der Waals surface area contributed by atoms with Crippen molar-refractivity contribution in [1.82, 2.24) is 9.80 Å². The van der Waals surface area contributed by atoms with E-state index in [1.807, 2.05) is 83.8 Å². The maximum atomic E-state index is 12.5. The summed E-state index contributed by atoms with van der Waals surface area (Å²) in [6.07, 6.45) is 3.74. The van der Waals surface area contributed by atoms with E-state index in [2.05, 4.69) is 4.90 Å². The number of carbonyl (C=O) groups excluding carboxylic acids is 1. The molecule has 0 unspecified atom stereocenters. The number of methoxy groups -OCH3 is 1. The summed E-state index contributed by atoms with van der Waals surface area (Å²) >= 11 is 0. The second-order valence-corrected chi connectivity index (χ2v) is 8.15. The Hall–Kier alpha value is -3.15. The molecule has 1 aliphatic heterocycles. The molecule has 1 N–H and O–H groups in total. The second kappa shape index (κ2) is 10.4. The van der Waals surface area contributed by atoms with Crippen LogP contribution in [0.25, 0.3) is 16.8 Å². The third kappa shape index (κ3) is 5.36. The Balaban J connectivity index is 1.31. The van der Waals surface area contributed by atoms with Crippen molar-refractivity contribution in [3.05, 3.63) is 83.9 Å². The lowest BCUT2D eigenvalue weighted by molar-refractivity contribution is -0.132. The van der Waals surface area contributed by atoms with E-state index in [9.17, 15) is 9.90 Å². The van der Waals surface area contributed by atoms with Gasteiger partial charge < -0.3 is 14.7 Å². The maximum Gasteiger partial charge on any atom is 0.226 e. The predicted octanol–water partition coefficient (Wildman–Crippen LogP) is 4.13. The number of hydrogen-bond acceptors (Lipinski definition) is 4. The van der Waals surface area contributed by atoms with E-state index in [-0.39, 0.29) is 5.91 Å². The number of piperazine rings is 1. The Morgan fingerprint density at radius 3 is 2.56 bits per heavy atom. The van der Waals surface area contributed by atoms with Crippen LogP contribution in [-0.2, 0) is 4.79 Å². The number of nitrogens with zero attached hydrogens (tertiary/aromatic N) is 2. The van der Waals surface area contributed by atoms with Crippen molar-refractivity contribution < 1.29 is 14.6 Å². The predicted molar refractivity (Wildman–Crippen MR) is 129 cm³/mol. The number of aliphatic hydroxyl groups is 1. The van der Waals surface area contributed by atoms with Gasteiger partial charge in [-0.05, 0) is 34.0 Å². The number of fused-ring (bicyclic) bond motifs is 1. The molecule has 1 fully saturated rings. The quantitative estimate of drug-likeness (QED) is 0.612. The van der Waals surface area contributed by atoms with Crippen LogP contribution in [0.5, 0.6) is 5.75 Å². The third-order valence-corrected chi connectivity index (χ3v) is 6.04. The zero-order valence-electron chi connectivity index (χ0n) is 18.5. The Morgan fingerprint density at radius 2 is 1.81 bits per heavy atom. The molecule has 3 aromatic rings. The highest BCUT2D eigenvalue weighted by Gasteiger charge is 2.23. The van der Waals surface area contributed by atoms with Gasteiger partial charge >= 0.3 is 0 Å². The van der Waals surface area contributed by atoms with Gasteiger partial charge in [-0.25, -0.2) is 0 Å². The van der Waals surface area contributed by atoms with Gasteiger partial charge in [0.25, 0.3) is 0 Å². The van der Waals surface area contributed by atoms with Crippen LogP contribution in [-0.4, -0.2) is 60.6 Å². The van der Waals surface area contributed by atoms with Gasteiger partial charge in [0, 0.05) is 39.1 Å². The average molecular weight is 431 g/mol. The molecule has 1 atom stereocenters. The van der Waals surface area contributed by atoms with Gasteiger partial charge in [0.15, 0.2) is 0 Å². The Morgan fingerprint density at radius 1 is 1.03 bits per heavy atom. The van der Waals surface area contributed by atoms with Crippen LogP contribution < -0.4 is 4.74 Å². The molecular formula is C27H30N2O3. The molecule has 1 aliphatic rings. The van der Waals surface area contributed by atoms with Crippen molar-refractivity contribution in [3.8, 4) is 5.75 Å². The molecular weight excluding hydrogens is 400 g/mol. The monoisotopic (exact) mass is 430 g/mol. The Labute approximate surface area is 189 Å². The molecule has 1 heterocycles. The van der Waals surface area contributed by atoms with Crippen molar-refractivity contribution in [1.29, 1.82) is 0 Å². The molecule has 4 rings (SSSR count). The molecule has 1 amide bonds. The summed E-state index contributed by atoms with van der Waals surface area (Å²) in [5, 5.41) is 13.1. The lowest BCUT2D eigenvalue weighted by Crippen LogP contribution is -2.49. The lowest BCUT2D eigenvalue weighted by Gasteiger charge is -2.35. The molecule has 32 heavy (non-hydrogen) atoms. The zero-order chi connectivity index (χ0) is 22.3. The normalized spacial score (nSPS) is 15.9. The van der Waals surface area contributed by atoms with Gasteiger partial charge in [-0.2, -0.15) is 0 Å². The first-order chi connectivity index (χ1) is 15.6. The molecule has 5 nitrogen and oxygen atoms in total. The van der Waals surface area contributed by atoms with Gasteiger partial charge in [0.05, 0.1) is 13.2 Å². The summed E-state index contributed by atoms with van der Waals surface area (Å²) in [6, 6.07) is 21.9. The molecule has 166 valence electrons. The standard InChI is InChI=1S/C27H30N2O3/c1-32-23-14-13-22-10-6-11-24(25(22)19-23)26(30)20-28-15-17-29(18-16-28)27(31)12-5-9-21-7-3-2-4-8-21/h2-11,13-14,19,26,30H,12,15-18,20H2,1H3/b9-5+/t26-/m0/s1. The molecule has 0 spiro atoms. The van der Waals surface area contributed by atoms with Crippen molar-refractivity contribution in [2.75, 3.05) is 39.8 Å². The number of rotatable bonds is 7. The highest BCUT2D eigenvalue weighted by atomic mass is 16.5. The molecule has 0 saturated carbocycles. The number of ether oxygens (including phenoxy) is 1. The molecule has 3 aromatic carbocycles. The summed E-state index contributed by atoms with van der Waals surface area (Å²) in [4.78, 5) is 16.7. The summed E-state index contributed by atoms with van der Waals surface area (Å²) in [5.41, 5.74) is 2.01. The van der Waals surface area contributed by atoms with E-state index in [0.29, 0.717) is 26.1 Å². The molecule has 1 saturated heterocycles. The molecule has 0 aliphatic carbocycles. The topological polar surface area (TPSA) is 53.0 Å². The minimum Gasteiger partial charge on any atom is -0.497 e. The van der Waals surface area contributed by atoms with Crippen LogP contribution in [0.4, 0.5) is 0 Å². The largest absolute Gasteiger partial charge is 0.497 e. The van der Waals surface area contributed by atoms with Crippen LogP contribution in [0.2, 0.25) is 0 Å². The van der Waals surface area contributed by atoms with Gasteiger partial charge in [-0.3, -0.25) is 9.69 Å². The van der Waals surface area contributed by atoms with E-state index in [1.165, 1.54) is 0 Å². The summed E-state index contributed by atoms with van der Waals surface area (Å²) < 4.78 is 5.36. The van der Waals surface area contributed by atoms with Gasteiger partial charge in [-0.15, -0.1) is 0 Å². The minimum atomic E-state index is -0.595. The van der Waals surface area contributed by atoms with Gasteiger partial charge in [-0.1, -0.05) is 66.7 Å². The van der Waals surface area contributed by atoms with Crippen molar-refractivity contribution >= 4 is 22.8 Å². The number of benzene rings is 3. The van der Waals surface area contributed by atoms with Crippen LogP contribution in [0.15, 0.2) is 72.8 Å². The SMILES string of the molecule is COc1ccc2cccc([C@@H](O)CN3CCN(C(=O)C/C=C/c4ccccc4)CC3)c2c1. The fourth-order valence-corrected chi connectivity index (χ4v) is 4.21. The number of β-amino-alcohol motifs (C(OH)–C–C–N with tert-alkyl or cyclic N) is 1. The highest BCUT2D eigenvalue weighted by molar-refractivity contribution is 5.87. The summed E-state index contributed by atoms with van der Waals surface area (Å²) in [7, 11) is 1.65. The highest BCUT2D eigenvalue weighted by Crippen LogP contribution is 2.28. The number of hydrogen-bond donors (Lipinski definition) is 1. The van der Waals surface area contributed by atoms with Gasteiger partial charge in [0.2, 0.25) is 5.91 Å². The fraction of sp³-hybridized carbons (Fsp3) is 0.296. The smallest absolute Gasteiger partial charge is 0.226 e. The first kappa shape index (κ1) is 22.1. The minimum absolute atomic E-state index is 0.151.